The molecule has 0 saturated carbocycles. The minimum atomic E-state index is -0.864. The van der Waals surface area contributed by atoms with Crippen molar-refractivity contribution in [1.29, 1.82) is 0 Å². The van der Waals surface area contributed by atoms with Gasteiger partial charge in [-0.15, -0.1) is 0 Å². The van der Waals surface area contributed by atoms with Crippen molar-refractivity contribution in [3.05, 3.63) is 71.9 Å². The van der Waals surface area contributed by atoms with Crippen molar-refractivity contribution in [1.82, 2.24) is 20.9 Å². The smallest absolute Gasteiger partial charge is 0.247 e. The summed E-state index contributed by atoms with van der Waals surface area (Å²) in [6, 6.07) is 15.1. The first kappa shape index (κ1) is 26.4. The van der Waals surface area contributed by atoms with E-state index in [4.69, 9.17) is 4.74 Å². The van der Waals surface area contributed by atoms with Crippen molar-refractivity contribution in [3.8, 4) is 5.75 Å². The summed E-state index contributed by atoms with van der Waals surface area (Å²) >= 11 is 0. The molecule has 3 amide bonds. The molecule has 0 aromatic heterocycles. The Hall–Kier alpha value is -3.65. The molecule has 0 radical (unpaired) electrons. The van der Waals surface area contributed by atoms with E-state index < -0.39 is 24.2 Å². The van der Waals surface area contributed by atoms with Gasteiger partial charge in [0.1, 0.15) is 23.9 Å². The molecule has 3 aliphatic rings. The average Bonchev–Trinajstić information content (AvgIpc) is 3.34. The van der Waals surface area contributed by atoms with E-state index in [1.807, 2.05) is 68.4 Å². The highest BCUT2D eigenvalue weighted by molar-refractivity contribution is 5.94. The number of rotatable bonds is 6. The normalized spacial score (nSPS) is 24.2. The largest absolute Gasteiger partial charge is 0.488 e. The molecule has 1 saturated heterocycles. The molecule has 2 bridgehead atoms. The zero-order valence-corrected chi connectivity index (χ0v) is 21.6. The van der Waals surface area contributed by atoms with Gasteiger partial charge in [-0.2, -0.15) is 0 Å². The monoisotopic (exact) mass is 504 g/mol. The van der Waals surface area contributed by atoms with Gasteiger partial charge in [-0.25, -0.2) is 0 Å². The SMILES string of the molecule is CCC(C)[C@@H]1NC(=O)C2[C@H](CCN2C(=O)[C@H](Cc2ccccc2)NC)Oc2ccc(cc2)/C=C\NC1=O. The van der Waals surface area contributed by atoms with Gasteiger partial charge in [-0.05, 0) is 48.7 Å². The van der Waals surface area contributed by atoms with E-state index in [1.165, 1.54) is 0 Å². The summed E-state index contributed by atoms with van der Waals surface area (Å²) < 4.78 is 6.27. The van der Waals surface area contributed by atoms with Crippen LogP contribution in [-0.4, -0.2) is 60.4 Å². The van der Waals surface area contributed by atoms with Gasteiger partial charge in [-0.3, -0.25) is 14.4 Å². The van der Waals surface area contributed by atoms with Crippen molar-refractivity contribution < 1.29 is 19.1 Å². The molecule has 1 fully saturated rings. The summed E-state index contributed by atoms with van der Waals surface area (Å²) in [7, 11) is 1.75. The minimum absolute atomic E-state index is 0.100. The lowest BCUT2D eigenvalue weighted by molar-refractivity contribution is -0.142. The van der Waals surface area contributed by atoms with Crippen molar-refractivity contribution in [2.75, 3.05) is 13.6 Å². The highest BCUT2D eigenvalue weighted by Gasteiger charge is 2.46. The fourth-order valence-corrected chi connectivity index (χ4v) is 4.89. The molecule has 5 atom stereocenters. The van der Waals surface area contributed by atoms with E-state index in [-0.39, 0.29) is 23.6 Å². The number of amides is 3. The Morgan fingerprint density at radius 1 is 1.11 bits per heavy atom. The summed E-state index contributed by atoms with van der Waals surface area (Å²) in [6.07, 6.45) is 4.55. The van der Waals surface area contributed by atoms with E-state index in [0.29, 0.717) is 31.6 Å². The van der Waals surface area contributed by atoms with Crippen LogP contribution in [0.5, 0.6) is 5.75 Å². The molecule has 2 aromatic carbocycles. The van der Waals surface area contributed by atoms with Crippen LogP contribution in [0.2, 0.25) is 0 Å². The number of nitrogens with one attached hydrogen (secondary N) is 3. The van der Waals surface area contributed by atoms with Crippen molar-refractivity contribution >= 4 is 23.8 Å². The number of hydrogen-bond acceptors (Lipinski definition) is 5. The molecule has 2 unspecified atom stereocenters. The summed E-state index contributed by atoms with van der Waals surface area (Å²) in [5.74, 6) is -0.317. The highest BCUT2D eigenvalue weighted by Crippen LogP contribution is 2.27. The molecular formula is C29H36N4O4. The summed E-state index contributed by atoms with van der Waals surface area (Å²) in [5.41, 5.74) is 1.94. The first-order chi connectivity index (χ1) is 17.9. The second-order valence-electron chi connectivity index (χ2n) is 9.74. The van der Waals surface area contributed by atoms with Gasteiger partial charge >= 0.3 is 0 Å². The molecule has 2 aromatic rings. The Kier molecular flexibility index (Phi) is 8.61. The maximum Gasteiger partial charge on any atom is 0.247 e. The third kappa shape index (κ3) is 6.20. The van der Waals surface area contributed by atoms with Crippen LogP contribution in [0.3, 0.4) is 0 Å². The average molecular weight is 505 g/mol. The second kappa shape index (κ2) is 12.1. The summed E-state index contributed by atoms with van der Waals surface area (Å²) in [4.78, 5) is 42.2. The lowest BCUT2D eigenvalue weighted by atomic mass is 9.97. The quantitative estimate of drug-likeness (QED) is 0.561. The fourth-order valence-electron chi connectivity index (χ4n) is 4.89. The van der Waals surface area contributed by atoms with Crippen LogP contribution in [-0.2, 0) is 20.8 Å². The Morgan fingerprint density at radius 3 is 2.51 bits per heavy atom. The molecule has 3 N–H and O–H groups in total. The van der Waals surface area contributed by atoms with Crippen LogP contribution in [0.4, 0.5) is 0 Å². The van der Waals surface area contributed by atoms with E-state index >= 15 is 0 Å². The van der Waals surface area contributed by atoms with Gasteiger partial charge in [-0.1, -0.05) is 62.7 Å². The summed E-state index contributed by atoms with van der Waals surface area (Å²) in [6.45, 7) is 4.29. The van der Waals surface area contributed by atoms with Crippen LogP contribution in [0, 0.1) is 5.92 Å². The number of fused-ring (bicyclic) bond motifs is 7. The van der Waals surface area contributed by atoms with Crippen LogP contribution >= 0.6 is 0 Å². The Balaban J connectivity index is 1.65. The first-order valence-electron chi connectivity index (χ1n) is 13.0. The number of carbonyl (C=O) groups is 3. The van der Waals surface area contributed by atoms with Gasteiger partial charge in [0, 0.05) is 19.2 Å². The molecule has 0 aliphatic carbocycles. The standard InChI is InChI=1S/C29H36N4O4/c1-4-19(2)25-27(34)31-16-14-20-10-12-22(13-11-20)37-24-15-17-33(26(24)28(35)32-25)29(36)23(30-3)18-21-8-6-5-7-9-21/h5-14,16,19,23-26,30H,4,15,17-18H2,1-3H3,(H,31,34)(H,32,35)/b16-14-/t19?,23-,24-,25-,26?/m0/s1. The number of benzene rings is 2. The zero-order chi connectivity index (χ0) is 26.4. The molecule has 8 heteroatoms. The van der Waals surface area contributed by atoms with E-state index in [9.17, 15) is 14.4 Å². The fraction of sp³-hybridized carbons (Fsp3) is 0.414. The predicted octanol–water partition coefficient (Wildman–Crippen LogP) is 2.50. The Labute approximate surface area is 218 Å². The molecule has 3 heterocycles. The molecular weight excluding hydrogens is 468 g/mol. The van der Waals surface area contributed by atoms with Crippen molar-refractivity contribution in [2.45, 2.75) is 57.3 Å². The number of hydrogen-bond donors (Lipinski definition) is 3. The van der Waals surface area contributed by atoms with Gasteiger partial charge < -0.3 is 25.6 Å². The second-order valence-corrected chi connectivity index (χ2v) is 9.74. The predicted molar refractivity (Wildman–Crippen MR) is 143 cm³/mol. The lowest BCUT2D eigenvalue weighted by Gasteiger charge is -2.32. The number of nitrogens with zero attached hydrogens (tertiary/aromatic N) is 1. The van der Waals surface area contributed by atoms with Crippen molar-refractivity contribution in [3.63, 3.8) is 0 Å². The lowest BCUT2D eigenvalue weighted by Crippen LogP contribution is -2.59. The Morgan fingerprint density at radius 2 is 1.84 bits per heavy atom. The minimum Gasteiger partial charge on any atom is -0.488 e. The molecule has 196 valence electrons. The molecule has 3 aliphatic heterocycles. The van der Waals surface area contributed by atoms with Gasteiger partial charge in [0.05, 0.1) is 6.04 Å². The molecule has 0 spiro atoms. The van der Waals surface area contributed by atoms with Gasteiger partial charge in [0.25, 0.3) is 0 Å². The van der Waals surface area contributed by atoms with Crippen LogP contribution in [0.15, 0.2) is 60.8 Å². The number of likely N-dealkylation sites (N-methyl/N-ethyl adjacent to an activating group) is 1. The first-order valence-corrected chi connectivity index (χ1v) is 13.0. The maximum atomic E-state index is 13.8. The molecule has 5 rings (SSSR count). The highest BCUT2D eigenvalue weighted by atomic mass is 16.5. The van der Waals surface area contributed by atoms with E-state index in [1.54, 1.807) is 24.2 Å². The van der Waals surface area contributed by atoms with Gasteiger partial charge in [0.2, 0.25) is 17.7 Å². The third-order valence-corrected chi connectivity index (χ3v) is 7.29. The third-order valence-electron chi connectivity index (χ3n) is 7.29. The molecule has 8 nitrogen and oxygen atoms in total. The van der Waals surface area contributed by atoms with E-state index in [0.717, 1.165) is 11.1 Å². The Bertz CT molecular complexity index is 1120. The van der Waals surface area contributed by atoms with Crippen LogP contribution in [0.1, 0.15) is 37.8 Å². The summed E-state index contributed by atoms with van der Waals surface area (Å²) in [5, 5.41) is 8.87. The van der Waals surface area contributed by atoms with Gasteiger partial charge in [0.15, 0.2) is 0 Å². The number of carbonyl (C=O) groups excluding carboxylic acids is 3. The zero-order valence-electron chi connectivity index (χ0n) is 21.6. The maximum absolute atomic E-state index is 13.8. The number of likely N-dealkylation sites (tertiary alicyclic amines) is 1. The van der Waals surface area contributed by atoms with E-state index in [2.05, 4.69) is 16.0 Å². The van der Waals surface area contributed by atoms with Crippen LogP contribution < -0.4 is 20.7 Å². The molecule has 37 heavy (non-hydrogen) atoms. The topological polar surface area (TPSA) is 99.8 Å². The van der Waals surface area contributed by atoms with Crippen LogP contribution in [0.25, 0.3) is 6.08 Å². The number of ether oxygens (including phenoxy) is 1. The van der Waals surface area contributed by atoms with Crippen molar-refractivity contribution in [2.24, 2.45) is 5.92 Å².